The van der Waals surface area contributed by atoms with Crippen LogP contribution in [0.2, 0.25) is 5.02 Å². The van der Waals surface area contributed by atoms with Gasteiger partial charge in [0.15, 0.2) is 15.5 Å². The van der Waals surface area contributed by atoms with Crippen molar-refractivity contribution in [2.75, 3.05) is 39.0 Å². The van der Waals surface area contributed by atoms with Crippen molar-refractivity contribution in [1.82, 2.24) is 15.1 Å². The summed E-state index contributed by atoms with van der Waals surface area (Å²) >= 11 is 6.39. The zero-order valence-electron chi connectivity index (χ0n) is 21.9. The van der Waals surface area contributed by atoms with E-state index in [1.54, 1.807) is 29.2 Å². The second-order valence-electron chi connectivity index (χ2n) is 10.4. The number of alkyl halides is 4. The molecule has 1 aromatic rings. The van der Waals surface area contributed by atoms with Crippen molar-refractivity contribution in [3.63, 3.8) is 0 Å². The van der Waals surface area contributed by atoms with Crippen LogP contribution in [0.4, 0.5) is 17.6 Å². The molecule has 2 saturated heterocycles. The van der Waals surface area contributed by atoms with Crippen LogP contribution in [0, 0.1) is 5.92 Å². The molecule has 0 bridgehead atoms. The number of hydrogen-bond acceptors (Lipinski definition) is 5. The minimum atomic E-state index is -4.32. The molecular formula is C26H34ClF4N3O4S. The summed E-state index contributed by atoms with van der Waals surface area (Å²) in [4.78, 5) is 29.5. The van der Waals surface area contributed by atoms with Gasteiger partial charge < -0.3 is 15.1 Å². The average molecular weight is 596 g/mol. The largest absolute Gasteiger partial charge is 0.390 e. The van der Waals surface area contributed by atoms with Crippen LogP contribution in [0.3, 0.4) is 0 Å². The Morgan fingerprint density at radius 2 is 1.90 bits per heavy atom. The SMILES string of the molecule is C[C@H](/C=C\S(C)(=O)=O)NC(=O)[C@@]1(F)CCCN(C(=O)[C@H]2CN(CCC(F)(F)F)C[C@H]2c2ccccc2Cl)CC1. The molecular weight excluding hydrogens is 562 g/mol. The third-order valence-corrected chi connectivity index (χ3v) is 8.20. The van der Waals surface area contributed by atoms with Gasteiger partial charge >= 0.3 is 6.18 Å². The van der Waals surface area contributed by atoms with Crippen LogP contribution in [-0.4, -0.2) is 86.9 Å². The highest BCUT2D eigenvalue weighted by Gasteiger charge is 2.45. The number of sulfone groups is 1. The maximum Gasteiger partial charge on any atom is 0.390 e. The quantitative estimate of drug-likeness (QED) is 0.458. The highest BCUT2D eigenvalue weighted by Crippen LogP contribution is 2.39. The topological polar surface area (TPSA) is 86.8 Å². The molecule has 218 valence electrons. The molecule has 2 aliphatic heterocycles. The number of benzene rings is 1. The van der Waals surface area contributed by atoms with Crippen LogP contribution in [0.5, 0.6) is 0 Å². The van der Waals surface area contributed by atoms with Gasteiger partial charge in [0.25, 0.3) is 5.91 Å². The number of likely N-dealkylation sites (tertiary alicyclic amines) is 2. The van der Waals surface area contributed by atoms with Crippen molar-refractivity contribution in [3.8, 4) is 0 Å². The van der Waals surface area contributed by atoms with E-state index in [1.165, 1.54) is 17.9 Å². The van der Waals surface area contributed by atoms with Gasteiger partial charge in [0.05, 0.1) is 12.3 Å². The van der Waals surface area contributed by atoms with E-state index in [4.69, 9.17) is 11.6 Å². The fourth-order valence-electron chi connectivity index (χ4n) is 5.12. The van der Waals surface area contributed by atoms with Crippen molar-refractivity contribution < 1.29 is 35.6 Å². The van der Waals surface area contributed by atoms with Crippen molar-refractivity contribution in [2.45, 2.75) is 56.4 Å². The van der Waals surface area contributed by atoms with Gasteiger partial charge in [-0.1, -0.05) is 35.9 Å². The van der Waals surface area contributed by atoms with Crippen molar-refractivity contribution in [2.24, 2.45) is 5.92 Å². The second kappa shape index (κ2) is 12.6. The van der Waals surface area contributed by atoms with Crippen LogP contribution in [-0.2, 0) is 19.4 Å². The number of halogens is 5. The second-order valence-corrected chi connectivity index (χ2v) is 12.8. The monoisotopic (exact) mass is 595 g/mol. The van der Waals surface area contributed by atoms with Crippen LogP contribution < -0.4 is 5.32 Å². The van der Waals surface area contributed by atoms with Crippen LogP contribution >= 0.6 is 11.6 Å². The van der Waals surface area contributed by atoms with Crippen LogP contribution in [0.1, 0.15) is 44.1 Å². The minimum absolute atomic E-state index is 0.0371. The Labute approximate surface area is 231 Å². The van der Waals surface area contributed by atoms with Gasteiger partial charge in [0.1, 0.15) is 0 Å². The van der Waals surface area contributed by atoms with Crippen LogP contribution in [0.25, 0.3) is 0 Å². The summed E-state index contributed by atoms with van der Waals surface area (Å²) in [5.41, 5.74) is -1.57. The van der Waals surface area contributed by atoms with Crippen molar-refractivity contribution in [1.29, 1.82) is 0 Å². The van der Waals surface area contributed by atoms with E-state index in [0.717, 1.165) is 11.7 Å². The molecule has 7 nitrogen and oxygen atoms in total. The zero-order valence-corrected chi connectivity index (χ0v) is 23.5. The summed E-state index contributed by atoms with van der Waals surface area (Å²) in [6.45, 7) is 1.80. The molecule has 4 atom stereocenters. The Hall–Kier alpha value is -2.18. The third kappa shape index (κ3) is 8.91. The fraction of sp³-hybridized carbons (Fsp3) is 0.615. The first kappa shape index (κ1) is 31.3. The van der Waals surface area contributed by atoms with Gasteiger partial charge in [-0.15, -0.1) is 0 Å². The predicted molar refractivity (Wildman–Crippen MR) is 141 cm³/mol. The van der Waals surface area contributed by atoms with Gasteiger partial charge in [0.2, 0.25) is 5.91 Å². The molecule has 0 aromatic heterocycles. The lowest BCUT2D eigenvalue weighted by atomic mass is 9.87. The van der Waals surface area contributed by atoms with Crippen molar-refractivity contribution >= 4 is 33.3 Å². The number of amides is 2. The summed E-state index contributed by atoms with van der Waals surface area (Å²) in [7, 11) is -3.41. The summed E-state index contributed by atoms with van der Waals surface area (Å²) < 4.78 is 77.0. The normalized spacial score (nSPS) is 26.0. The molecule has 1 aromatic carbocycles. The molecule has 0 saturated carbocycles. The smallest absolute Gasteiger partial charge is 0.347 e. The Morgan fingerprint density at radius 1 is 1.21 bits per heavy atom. The standard InChI is InChI=1S/C26H34ClF4N3O4S/c1-18(8-15-39(2,37)38)32-24(36)25(28)9-5-12-34(14-10-25)23(35)21-17-33(13-11-26(29,30)31)16-20(21)19-6-3-4-7-22(19)27/h3-4,6-8,15,18,20-21H,5,9-14,16-17H2,1-2H3,(H,32,36)/b15-8-/t18-,20+,21+,25-/m1/s1. The lowest BCUT2D eigenvalue weighted by Gasteiger charge is -2.28. The number of carbonyl (C=O) groups excluding carboxylic acids is 2. The van der Waals surface area contributed by atoms with Crippen LogP contribution in [0.15, 0.2) is 35.7 Å². The molecule has 0 spiro atoms. The molecule has 0 radical (unpaired) electrons. The molecule has 39 heavy (non-hydrogen) atoms. The summed E-state index contributed by atoms with van der Waals surface area (Å²) in [5.74, 6) is -2.28. The number of nitrogens with one attached hydrogen (secondary N) is 1. The number of hydrogen-bond donors (Lipinski definition) is 1. The lowest BCUT2D eigenvalue weighted by molar-refractivity contribution is -0.138. The Bertz CT molecular complexity index is 1180. The van der Waals surface area contributed by atoms with E-state index in [9.17, 15) is 31.2 Å². The molecule has 3 rings (SSSR count). The molecule has 0 aliphatic carbocycles. The number of nitrogens with zero attached hydrogens (tertiary/aromatic N) is 2. The third-order valence-electron chi connectivity index (χ3n) is 7.20. The maximum absolute atomic E-state index is 15.7. The van der Waals surface area contributed by atoms with E-state index in [1.807, 2.05) is 0 Å². The first-order chi connectivity index (χ1) is 18.1. The van der Waals surface area contributed by atoms with Gasteiger partial charge in [-0.05, 0) is 31.4 Å². The van der Waals surface area contributed by atoms with Crippen molar-refractivity contribution in [3.05, 3.63) is 46.3 Å². The van der Waals surface area contributed by atoms with E-state index in [2.05, 4.69) is 5.32 Å². The molecule has 2 fully saturated rings. The highest BCUT2D eigenvalue weighted by atomic mass is 35.5. The fourth-order valence-corrected chi connectivity index (χ4v) is 5.92. The van der Waals surface area contributed by atoms with Gasteiger partial charge in [0, 0.05) is 67.8 Å². The maximum atomic E-state index is 15.7. The predicted octanol–water partition coefficient (Wildman–Crippen LogP) is 4.09. The van der Waals surface area contributed by atoms with Gasteiger partial charge in [-0.3, -0.25) is 9.59 Å². The molecule has 2 aliphatic rings. The van der Waals surface area contributed by atoms with E-state index in [-0.39, 0.29) is 57.9 Å². The molecule has 2 amide bonds. The van der Waals surface area contributed by atoms with E-state index < -0.39 is 51.9 Å². The highest BCUT2D eigenvalue weighted by molar-refractivity contribution is 7.93. The van der Waals surface area contributed by atoms with E-state index >= 15 is 4.39 Å². The summed E-state index contributed by atoms with van der Waals surface area (Å²) in [6.07, 6.45) is -3.23. The molecule has 1 N–H and O–H groups in total. The summed E-state index contributed by atoms with van der Waals surface area (Å²) in [6, 6.07) is 6.20. The first-order valence-electron chi connectivity index (χ1n) is 12.8. The molecule has 0 unspecified atom stereocenters. The number of rotatable bonds is 8. The number of carbonyl (C=O) groups is 2. The Morgan fingerprint density at radius 3 is 2.54 bits per heavy atom. The summed E-state index contributed by atoms with van der Waals surface area (Å²) in [5, 5.41) is 3.83. The molecule has 2 heterocycles. The Kier molecular flexibility index (Phi) is 10.1. The first-order valence-corrected chi connectivity index (χ1v) is 15.1. The van der Waals surface area contributed by atoms with Gasteiger partial charge in [-0.25, -0.2) is 12.8 Å². The van der Waals surface area contributed by atoms with Gasteiger partial charge in [-0.2, -0.15) is 13.2 Å². The minimum Gasteiger partial charge on any atom is -0.347 e. The average Bonchev–Trinajstić information content (AvgIpc) is 3.15. The lowest BCUT2D eigenvalue weighted by Crippen LogP contribution is -2.47. The molecule has 13 heteroatoms. The van der Waals surface area contributed by atoms with E-state index in [0.29, 0.717) is 10.6 Å². The zero-order chi connectivity index (χ0) is 29.0. The Balaban J connectivity index is 1.71.